The van der Waals surface area contributed by atoms with Gasteiger partial charge >= 0.3 is 0 Å². The van der Waals surface area contributed by atoms with Gasteiger partial charge in [0.1, 0.15) is 4.99 Å². The Bertz CT molecular complexity index is 475. The summed E-state index contributed by atoms with van der Waals surface area (Å²) in [5.74, 6) is 1.22. The van der Waals surface area contributed by atoms with Gasteiger partial charge in [-0.25, -0.2) is 0 Å². The van der Waals surface area contributed by atoms with Gasteiger partial charge in [0.05, 0.1) is 32.5 Å². The lowest BCUT2D eigenvalue weighted by Gasteiger charge is -2.29. The van der Waals surface area contributed by atoms with Gasteiger partial charge in [-0.3, -0.25) is 0 Å². The van der Waals surface area contributed by atoms with Crippen LogP contribution in [0.1, 0.15) is 5.56 Å². The van der Waals surface area contributed by atoms with Crippen molar-refractivity contribution in [3.05, 3.63) is 22.7 Å². The zero-order valence-electron chi connectivity index (χ0n) is 10.9. The lowest BCUT2D eigenvalue weighted by Crippen LogP contribution is -2.40. The first kappa shape index (κ1) is 14.4. The number of hydrogen-bond donors (Lipinski definition) is 0. The van der Waals surface area contributed by atoms with Crippen LogP contribution in [0.5, 0.6) is 11.5 Å². The van der Waals surface area contributed by atoms with Crippen LogP contribution >= 0.6 is 23.8 Å². The van der Waals surface area contributed by atoms with E-state index in [4.69, 9.17) is 38.0 Å². The van der Waals surface area contributed by atoms with Gasteiger partial charge in [0.2, 0.25) is 0 Å². The predicted molar refractivity (Wildman–Crippen MR) is 78.6 cm³/mol. The highest BCUT2D eigenvalue weighted by molar-refractivity contribution is 7.80. The number of nitrogens with zero attached hydrogens (tertiary/aromatic N) is 1. The van der Waals surface area contributed by atoms with Crippen molar-refractivity contribution < 1.29 is 14.2 Å². The summed E-state index contributed by atoms with van der Waals surface area (Å²) in [4.78, 5) is 2.81. The molecule has 2 rings (SSSR count). The maximum Gasteiger partial charge on any atom is 0.162 e. The van der Waals surface area contributed by atoms with Crippen molar-refractivity contribution in [3.8, 4) is 11.5 Å². The maximum absolute atomic E-state index is 6.27. The zero-order valence-corrected chi connectivity index (χ0v) is 12.5. The minimum absolute atomic E-state index is 0.564. The molecule has 1 aliphatic rings. The molecular weight excluding hydrogens is 286 g/mol. The van der Waals surface area contributed by atoms with Gasteiger partial charge in [0, 0.05) is 24.7 Å². The van der Waals surface area contributed by atoms with Crippen molar-refractivity contribution in [2.24, 2.45) is 0 Å². The van der Waals surface area contributed by atoms with E-state index in [0.717, 1.165) is 18.7 Å². The smallest absolute Gasteiger partial charge is 0.162 e. The summed E-state index contributed by atoms with van der Waals surface area (Å²) in [5, 5.41) is 0.564. The molecule has 1 fully saturated rings. The largest absolute Gasteiger partial charge is 0.493 e. The van der Waals surface area contributed by atoms with Gasteiger partial charge in [-0.2, -0.15) is 0 Å². The summed E-state index contributed by atoms with van der Waals surface area (Å²) >= 11 is 11.8. The lowest BCUT2D eigenvalue weighted by atomic mass is 10.1. The van der Waals surface area contributed by atoms with Crippen LogP contribution in [-0.2, 0) is 4.74 Å². The molecule has 1 aromatic carbocycles. The first-order valence-corrected chi connectivity index (χ1v) is 6.74. The molecule has 0 aliphatic carbocycles. The van der Waals surface area contributed by atoms with E-state index in [1.165, 1.54) is 0 Å². The minimum Gasteiger partial charge on any atom is -0.493 e. The average molecular weight is 302 g/mol. The minimum atomic E-state index is 0.564. The van der Waals surface area contributed by atoms with Gasteiger partial charge in [-0.1, -0.05) is 23.8 Å². The van der Waals surface area contributed by atoms with Crippen molar-refractivity contribution in [1.29, 1.82) is 0 Å². The number of ether oxygens (including phenoxy) is 3. The molecule has 4 nitrogen and oxygen atoms in total. The lowest BCUT2D eigenvalue weighted by molar-refractivity contribution is 0.0693. The normalized spacial score (nSPS) is 15.2. The van der Waals surface area contributed by atoms with Crippen LogP contribution in [0.25, 0.3) is 0 Å². The summed E-state index contributed by atoms with van der Waals surface area (Å²) in [6.45, 7) is 2.93. The second kappa shape index (κ2) is 6.41. The van der Waals surface area contributed by atoms with E-state index in [2.05, 4.69) is 4.90 Å². The third kappa shape index (κ3) is 3.11. The number of morpholine rings is 1. The second-order valence-corrected chi connectivity index (χ2v) is 4.89. The molecule has 104 valence electrons. The van der Waals surface area contributed by atoms with E-state index in [1.807, 2.05) is 6.07 Å². The van der Waals surface area contributed by atoms with E-state index >= 15 is 0 Å². The molecule has 0 radical (unpaired) electrons. The maximum atomic E-state index is 6.27. The topological polar surface area (TPSA) is 30.9 Å². The average Bonchev–Trinajstić information content (AvgIpc) is 2.47. The number of thiocarbonyl (C=S) groups is 1. The van der Waals surface area contributed by atoms with Crippen LogP contribution < -0.4 is 9.47 Å². The number of halogens is 1. The first-order chi connectivity index (χ1) is 9.17. The van der Waals surface area contributed by atoms with Crippen molar-refractivity contribution in [2.75, 3.05) is 40.5 Å². The van der Waals surface area contributed by atoms with Gasteiger partial charge in [-0.15, -0.1) is 0 Å². The fourth-order valence-corrected chi connectivity index (χ4v) is 2.61. The molecule has 19 heavy (non-hydrogen) atoms. The van der Waals surface area contributed by atoms with Crippen molar-refractivity contribution in [1.82, 2.24) is 4.90 Å². The van der Waals surface area contributed by atoms with Crippen LogP contribution in [-0.4, -0.2) is 50.4 Å². The van der Waals surface area contributed by atoms with Crippen molar-refractivity contribution in [3.63, 3.8) is 0 Å². The van der Waals surface area contributed by atoms with Crippen LogP contribution in [0.15, 0.2) is 12.1 Å². The second-order valence-electron chi connectivity index (χ2n) is 4.09. The zero-order chi connectivity index (χ0) is 13.8. The Morgan fingerprint density at radius 2 is 1.79 bits per heavy atom. The molecule has 6 heteroatoms. The van der Waals surface area contributed by atoms with Crippen LogP contribution in [0.3, 0.4) is 0 Å². The highest BCUT2D eigenvalue weighted by Gasteiger charge is 2.19. The van der Waals surface area contributed by atoms with Crippen LogP contribution in [0.2, 0.25) is 5.02 Å². The molecule has 0 unspecified atom stereocenters. The Kier molecular flexibility index (Phi) is 4.85. The SMILES string of the molecule is COc1cc(Cl)c(C(=S)N2CCOCC2)cc1OC. The van der Waals surface area contributed by atoms with E-state index in [9.17, 15) is 0 Å². The predicted octanol–water partition coefficient (Wildman–Crippen LogP) is 2.36. The number of rotatable bonds is 3. The van der Waals surface area contributed by atoms with E-state index in [-0.39, 0.29) is 0 Å². The molecule has 1 heterocycles. The molecule has 0 spiro atoms. The standard InChI is InChI=1S/C13H16ClNO3S/c1-16-11-7-9(10(14)8-12(11)17-2)13(19)15-3-5-18-6-4-15/h7-8H,3-6H2,1-2H3. The van der Waals surface area contributed by atoms with Crippen LogP contribution in [0, 0.1) is 0 Å². The Morgan fingerprint density at radius 1 is 1.21 bits per heavy atom. The molecule has 0 saturated carbocycles. The first-order valence-electron chi connectivity index (χ1n) is 5.96. The molecule has 1 saturated heterocycles. The molecular formula is C13H16ClNO3S. The van der Waals surface area contributed by atoms with E-state index in [1.54, 1.807) is 20.3 Å². The van der Waals surface area contributed by atoms with Gasteiger partial charge in [0.25, 0.3) is 0 Å². The summed E-state index contributed by atoms with van der Waals surface area (Å²) in [6, 6.07) is 3.54. The van der Waals surface area contributed by atoms with Crippen molar-refractivity contribution >= 4 is 28.8 Å². The Balaban J connectivity index is 2.30. The molecule has 1 aliphatic heterocycles. The summed E-state index contributed by atoms with van der Waals surface area (Å²) in [6.07, 6.45) is 0. The number of benzene rings is 1. The number of hydrogen-bond acceptors (Lipinski definition) is 4. The third-order valence-electron chi connectivity index (χ3n) is 3.00. The van der Waals surface area contributed by atoms with E-state index < -0.39 is 0 Å². The third-order valence-corrected chi connectivity index (χ3v) is 3.79. The highest BCUT2D eigenvalue weighted by Crippen LogP contribution is 2.33. The molecule has 0 N–H and O–H groups in total. The fraction of sp³-hybridized carbons (Fsp3) is 0.462. The molecule has 0 atom stereocenters. The molecule has 0 amide bonds. The van der Waals surface area contributed by atoms with E-state index in [0.29, 0.717) is 34.7 Å². The summed E-state index contributed by atoms with van der Waals surface area (Å²) in [5.41, 5.74) is 0.788. The Hall–Kier alpha value is -1.04. The molecule has 1 aromatic rings. The Morgan fingerprint density at radius 3 is 2.37 bits per heavy atom. The van der Waals surface area contributed by atoms with Gasteiger partial charge in [0.15, 0.2) is 11.5 Å². The van der Waals surface area contributed by atoms with Crippen LogP contribution in [0.4, 0.5) is 0 Å². The summed E-state index contributed by atoms with van der Waals surface area (Å²) < 4.78 is 15.8. The Labute approximate surface area is 123 Å². The fourth-order valence-electron chi connectivity index (χ4n) is 1.95. The van der Waals surface area contributed by atoms with Gasteiger partial charge < -0.3 is 19.1 Å². The van der Waals surface area contributed by atoms with Gasteiger partial charge in [-0.05, 0) is 6.07 Å². The highest BCUT2D eigenvalue weighted by atomic mass is 35.5. The monoisotopic (exact) mass is 301 g/mol. The quantitative estimate of drug-likeness (QED) is 0.800. The van der Waals surface area contributed by atoms with Crippen molar-refractivity contribution in [2.45, 2.75) is 0 Å². The number of methoxy groups -OCH3 is 2. The molecule has 0 bridgehead atoms. The molecule has 0 aromatic heterocycles. The summed E-state index contributed by atoms with van der Waals surface area (Å²) in [7, 11) is 3.17.